The molecule has 3 aliphatic rings. The van der Waals surface area contributed by atoms with Crippen molar-refractivity contribution in [1.82, 2.24) is 0 Å². The van der Waals surface area contributed by atoms with E-state index in [1.807, 2.05) is 0 Å². The first kappa shape index (κ1) is 10.8. The second-order valence-electron chi connectivity index (χ2n) is 4.99. The lowest BCUT2D eigenvalue weighted by atomic mass is 9.69. The smallest absolute Gasteiger partial charge is 0.137 e. The van der Waals surface area contributed by atoms with Gasteiger partial charge in [-0.15, -0.1) is 0 Å². The van der Waals surface area contributed by atoms with Crippen molar-refractivity contribution in [3.05, 3.63) is 10.1 Å². The van der Waals surface area contributed by atoms with Gasteiger partial charge in [-0.3, -0.25) is 9.59 Å². The van der Waals surface area contributed by atoms with Crippen LogP contribution in [0.25, 0.3) is 0 Å². The van der Waals surface area contributed by atoms with Gasteiger partial charge in [0.25, 0.3) is 0 Å². The molecule has 16 heavy (non-hydrogen) atoms. The summed E-state index contributed by atoms with van der Waals surface area (Å²) in [5.74, 6) is 0.561. The van der Waals surface area contributed by atoms with Gasteiger partial charge in [0.1, 0.15) is 16.1 Å². The summed E-state index contributed by atoms with van der Waals surface area (Å²) in [6.45, 7) is 0. The quantitative estimate of drug-likeness (QED) is 0.670. The van der Waals surface area contributed by atoms with Crippen LogP contribution in [0.4, 0.5) is 0 Å². The Morgan fingerprint density at radius 3 is 1.75 bits per heavy atom. The van der Waals surface area contributed by atoms with E-state index in [1.165, 1.54) is 0 Å². The second-order valence-corrected chi connectivity index (χ2v) is 5.94. The molecule has 2 nitrogen and oxygen atoms in total. The van der Waals surface area contributed by atoms with Crippen LogP contribution >= 0.6 is 23.2 Å². The van der Waals surface area contributed by atoms with Crippen LogP contribution in [0.3, 0.4) is 0 Å². The topological polar surface area (TPSA) is 34.1 Å². The summed E-state index contributed by atoms with van der Waals surface area (Å²) in [5.41, 5.74) is 0.988. The van der Waals surface area contributed by atoms with Crippen LogP contribution in [0.15, 0.2) is 10.1 Å². The standard InChI is InChI=1S/C12H12Cl2O2/c13-12(14)9-5-1-2-6(9)11-8(16)4-3-7(15)10(5)11/h5-6,10-11H,1-4H2/t5-,6+,10?,11?. The maximum absolute atomic E-state index is 11.9. The Balaban J connectivity index is 2.08. The molecule has 4 atom stereocenters. The van der Waals surface area contributed by atoms with Gasteiger partial charge in [-0.1, -0.05) is 23.2 Å². The van der Waals surface area contributed by atoms with Crippen molar-refractivity contribution in [2.75, 3.05) is 0 Å². The van der Waals surface area contributed by atoms with Crippen molar-refractivity contribution in [3.8, 4) is 0 Å². The van der Waals surface area contributed by atoms with Crippen LogP contribution < -0.4 is 0 Å². The zero-order chi connectivity index (χ0) is 11.4. The molecule has 0 aromatic rings. The van der Waals surface area contributed by atoms with E-state index in [1.54, 1.807) is 0 Å². The fraction of sp³-hybridized carbons (Fsp3) is 0.667. The van der Waals surface area contributed by atoms with Gasteiger partial charge < -0.3 is 0 Å². The van der Waals surface area contributed by atoms with Gasteiger partial charge in [0, 0.05) is 24.7 Å². The van der Waals surface area contributed by atoms with Crippen molar-refractivity contribution in [2.24, 2.45) is 23.7 Å². The van der Waals surface area contributed by atoms with Crippen molar-refractivity contribution in [3.63, 3.8) is 0 Å². The highest BCUT2D eigenvalue weighted by Crippen LogP contribution is 2.59. The minimum Gasteiger partial charge on any atom is -0.299 e. The highest BCUT2D eigenvalue weighted by atomic mass is 35.5. The molecular weight excluding hydrogens is 247 g/mol. The molecule has 3 fully saturated rings. The van der Waals surface area contributed by atoms with Crippen LogP contribution in [0.1, 0.15) is 25.7 Å². The Bertz CT molecular complexity index is 377. The van der Waals surface area contributed by atoms with E-state index in [-0.39, 0.29) is 35.2 Å². The number of fused-ring (bicyclic) bond motifs is 5. The molecule has 3 aliphatic carbocycles. The molecule has 4 heteroatoms. The third-order valence-electron chi connectivity index (χ3n) is 4.42. The van der Waals surface area contributed by atoms with E-state index in [0.29, 0.717) is 17.3 Å². The monoisotopic (exact) mass is 258 g/mol. The van der Waals surface area contributed by atoms with Crippen LogP contribution in [-0.2, 0) is 9.59 Å². The van der Waals surface area contributed by atoms with Gasteiger partial charge in [0.15, 0.2) is 0 Å². The summed E-state index contributed by atoms with van der Waals surface area (Å²) in [6, 6.07) is 0. The lowest BCUT2D eigenvalue weighted by molar-refractivity contribution is -0.139. The summed E-state index contributed by atoms with van der Waals surface area (Å²) < 4.78 is 0.294. The van der Waals surface area contributed by atoms with Crippen LogP contribution in [0, 0.1) is 23.7 Å². The average molecular weight is 259 g/mol. The number of Topliss-reactive ketones (excluding diaryl/α,β-unsaturated/α-hetero) is 2. The van der Waals surface area contributed by atoms with Gasteiger partial charge in [-0.05, 0) is 30.3 Å². The number of allylic oxidation sites excluding steroid dienone is 1. The number of carbonyl (C=O) groups is 2. The highest BCUT2D eigenvalue weighted by molar-refractivity contribution is 6.56. The van der Waals surface area contributed by atoms with Crippen LogP contribution in [0.2, 0.25) is 0 Å². The predicted octanol–water partition coefficient (Wildman–Crippen LogP) is 2.88. The van der Waals surface area contributed by atoms with Gasteiger partial charge >= 0.3 is 0 Å². The Labute approximate surface area is 104 Å². The molecule has 2 bridgehead atoms. The zero-order valence-electron chi connectivity index (χ0n) is 8.71. The highest BCUT2D eigenvalue weighted by Gasteiger charge is 2.58. The number of rotatable bonds is 0. The molecule has 0 aromatic carbocycles. The first-order valence-electron chi connectivity index (χ1n) is 5.71. The molecule has 0 aromatic heterocycles. The first-order chi connectivity index (χ1) is 7.61. The van der Waals surface area contributed by atoms with E-state index in [2.05, 4.69) is 0 Å². The molecular formula is C12H12Cl2O2. The molecule has 0 radical (unpaired) electrons. The average Bonchev–Trinajstić information content (AvgIpc) is 2.79. The fourth-order valence-electron chi connectivity index (χ4n) is 3.90. The third-order valence-corrected chi connectivity index (χ3v) is 4.86. The van der Waals surface area contributed by atoms with Crippen LogP contribution in [0.5, 0.6) is 0 Å². The number of halogens is 2. The fourth-order valence-corrected chi connectivity index (χ4v) is 4.46. The van der Waals surface area contributed by atoms with E-state index in [4.69, 9.17) is 23.2 Å². The molecule has 0 heterocycles. The lowest BCUT2D eigenvalue weighted by Gasteiger charge is -2.31. The molecule has 0 saturated heterocycles. The van der Waals surface area contributed by atoms with Crippen LogP contribution in [-0.4, -0.2) is 11.6 Å². The SMILES string of the molecule is O=C1CCC(=O)C2C1[C@@H]1CC[C@H]2C1=C(Cl)Cl. The molecule has 0 amide bonds. The minimum atomic E-state index is -0.109. The molecule has 0 spiro atoms. The van der Waals surface area contributed by atoms with E-state index in [9.17, 15) is 9.59 Å². The molecule has 3 rings (SSSR count). The Hall–Kier alpha value is -0.340. The van der Waals surface area contributed by atoms with E-state index >= 15 is 0 Å². The summed E-state index contributed by atoms with van der Waals surface area (Å²) >= 11 is 11.8. The van der Waals surface area contributed by atoms with Crippen molar-refractivity contribution >= 4 is 34.8 Å². The van der Waals surface area contributed by atoms with E-state index in [0.717, 1.165) is 18.4 Å². The third kappa shape index (κ3) is 1.26. The number of hydrogen-bond acceptors (Lipinski definition) is 2. The number of hydrogen-bond donors (Lipinski definition) is 0. The second kappa shape index (κ2) is 3.58. The van der Waals surface area contributed by atoms with Crippen molar-refractivity contribution in [2.45, 2.75) is 25.7 Å². The molecule has 86 valence electrons. The number of carbonyl (C=O) groups excluding carboxylic acids is 2. The molecule has 3 saturated carbocycles. The van der Waals surface area contributed by atoms with Gasteiger partial charge in [-0.25, -0.2) is 0 Å². The predicted molar refractivity (Wildman–Crippen MR) is 61.2 cm³/mol. The van der Waals surface area contributed by atoms with Gasteiger partial charge in [0.05, 0.1) is 0 Å². The zero-order valence-corrected chi connectivity index (χ0v) is 10.2. The number of ketones is 2. The van der Waals surface area contributed by atoms with Crippen molar-refractivity contribution in [1.29, 1.82) is 0 Å². The minimum absolute atomic E-state index is 0.109. The normalized spacial score (nSPS) is 41.5. The molecule has 0 N–H and O–H groups in total. The summed E-state index contributed by atoms with van der Waals surface area (Å²) in [7, 11) is 0. The lowest BCUT2D eigenvalue weighted by Crippen LogP contribution is -2.39. The Morgan fingerprint density at radius 2 is 1.38 bits per heavy atom. The Kier molecular flexibility index (Phi) is 2.41. The maximum atomic E-state index is 11.9. The van der Waals surface area contributed by atoms with E-state index < -0.39 is 0 Å². The van der Waals surface area contributed by atoms with Gasteiger partial charge in [0.2, 0.25) is 0 Å². The molecule has 2 unspecified atom stereocenters. The first-order valence-corrected chi connectivity index (χ1v) is 6.47. The largest absolute Gasteiger partial charge is 0.299 e. The Morgan fingerprint density at radius 1 is 0.938 bits per heavy atom. The summed E-state index contributed by atoms with van der Waals surface area (Å²) in [5, 5.41) is 0. The summed E-state index contributed by atoms with van der Waals surface area (Å²) in [4.78, 5) is 23.8. The van der Waals surface area contributed by atoms with Gasteiger partial charge in [-0.2, -0.15) is 0 Å². The maximum Gasteiger partial charge on any atom is 0.137 e. The van der Waals surface area contributed by atoms with Crippen molar-refractivity contribution < 1.29 is 9.59 Å². The summed E-state index contributed by atoms with van der Waals surface area (Å²) in [6.07, 6.45) is 2.75. The molecule has 0 aliphatic heterocycles.